The van der Waals surface area contributed by atoms with E-state index in [1.54, 1.807) is 0 Å². The van der Waals surface area contributed by atoms with E-state index in [-0.39, 0.29) is 11.0 Å². The highest BCUT2D eigenvalue weighted by atomic mass is 32.1. The molecule has 0 heterocycles. The number of benzene rings is 4. The smallest absolute Gasteiger partial charge is 0.238 e. The number of ether oxygens (including phenoxy) is 2. The fourth-order valence-electron chi connectivity index (χ4n) is 3.63. The Morgan fingerprint density at radius 2 is 1.20 bits per heavy atom. The molecule has 0 aliphatic heterocycles. The fraction of sp³-hybridized carbons (Fsp3) is 0.103. The van der Waals surface area contributed by atoms with Crippen molar-refractivity contribution in [3.05, 3.63) is 126 Å². The third-order valence-corrected chi connectivity index (χ3v) is 5.42. The van der Waals surface area contributed by atoms with Crippen LogP contribution in [0.4, 0.5) is 5.69 Å². The summed E-state index contributed by atoms with van der Waals surface area (Å²) in [4.78, 5) is 13.2. The van der Waals surface area contributed by atoms with Crippen molar-refractivity contribution >= 4 is 28.9 Å². The summed E-state index contributed by atoms with van der Waals surface area (Å²) >= 11 is 5.43. The molecule has 0 aromatic heterocycles. The molecule has 0 aliphatic carbocycles. The second-order valence-corrected chi connectivity index (χ2v) is 8.14. The lowest BCUT2D eigenvalue weighted by atomic mass is 9.90. The van der Waals surface area contributed by atoms with E-state index >= 15 is 0 Å². The third-order valence-electron chi connectivity index (χ3n) is 5.22. The van der Waals surface area contributed by atoms with Gasteiger partial charge in [-0.05, 0) is 47.6 Å². The summed E-state index contributed by atoms with van der Waals surface area (Å²) in [6.45, 7) is 0.825. The fourth-order valence-corrected chi connectivity index (χ4v) is 3.85. The van der Waals surface area contributed by atoms with Gasteiger partial charge in [0.1, 0.15) is 24.7 Å². The van der Waals surface area contributed by atoms with Gasteiger partial charge < -0.3 is 20.1 Å². The zero-order chi connectivity index (χ0) is 24.3. The van der Waals surface area contributed by atoms with E-state index in [9.17, 15) is 4.79 Å². The van der Waals surface area contributed by atoms with Gasteiger partial charge in [-0.25, -0.2) is 0 Å². The van der Waals surface area contributed by atoms with E-state index in [2.05, 4.69) is 10.6 Å². The minimum atomic E-state index is -0.476. The van der Waals surface area contributed by atoms with Crippen LogP contribution in [0.15, 0.2) is 115 Å². The van der Waals surface area contributed by atoms with Crippen LogP contribution in [-0.4, -0.2) is 24.2 Å². The van der Waals surface area contributed by atoms with Crippen molar-refractivity contribution in [3.8, 4) is 11.5 Å². The van der Waals surface area contributed by atoms with Crippen LogP contribution in [0.3, 0.4) is 0 Å². The number of thiocarbonyl (C=S) groups is 1. The van der Waals surface area contributed by atoms with Crippen molar-refractivity contribution in [1.82, 2.24) is 5.32 Å². The maximum absolute atomic E-state index is 13.2. The largest absolute Gasteiger partial charge is 0.490 e. The molecule has 0 unspecified atom stereocenters. The lowest BCUT2D eigenvalue weighted by Crippen LogP contribution is -2.37. The number of carbonyl (C=O) groups excluding carboxylic acids is 1. The molecule has 4 aromatic rings. The van der Waals surface area contributed by atoms with Gasteiger partial charge in [-0.2, -0.15) is 0 Å². The molecule has 2 N–H and O–H groups in total. The Morgan fingerprint density at radius 1 is 0.686 bits per heavy atom. The molecular weight excluding hydrogens is 456 g/mol. The number of para-hydroxylation sites is 1. The first-order valence-corrected chi connectivity index (χ1v) is 11.7. The Bertz CT molecular complexity index is 1200. The first kappa shape index (κ1) is 24.0. The van der Waals surface area contributed by atoms with Crippen LogP contribution in [0, 0.1) is 0 Å². The number of nitrogens with one attached hydrogen (secondary N) is 2. The Balaban J connectivity index is 1.34. The minimum Gasteiger partial charge on any atom is -0.490 e. The number of hydrogen-bond donors (Lipinski definition) is 2. The molecule has 0 radical (unpaired) electrons. The van der Waals surface area contributed by atoms with Crippen LogP contribution in [-0.2, 0) is 4.79 Å². The predicted molar refractivity (Wildman–Crippen MR) is 143 cm³/mol. The van der Waals surface area contributed by atoms with Crippen LogP contribution in [0.2, 0.25) is 0 Å². The topological polar surface area (TPSA) is 59.6 Å². The van der Waals surface area contributed by atoms with Crippen LogP contribution in [0.5, 0.6) is 11.5 Å². The molecule has 4 aromatic carbocycles. The number of amides is 1. The lowest BCUT2D eigenvalue weighted by molar-refractivity contribution is -0.120. The first-order chi connectivity index (χ1) is 17.2. The van der Waals surface area contributed by atoms with Crippen LogP contribution >= 0.6 is 12.2 Å². The maximum Gasteiger partial charge on any atom is 0.238 e. The molecule has 0 spiro atoms. The standard InChI is InChI=1S/C29H26N2O3S/c32-28(27(22-11-4-1-5-12-22)23-13-6-2-7-14-23)31-29(35)30-24-15-10-18-26(21-24)34-20-19-33-25-16-8-3-9-17-25/h1-18,21,27H,19-20H2,(H2,30,31,32,35). The minimum absolute atomic E-state index is 0.203. The average molecular weight is 483 g/mol. The highest BCUT2D eigenvalue weighted by Crippen LogP contribution is 2.25. The zero-order valence-electron chi connectivity index (χ0n) is 19.1. The van der Waals surface area contributed by atoms with E-state index in [1.165, 1.54) is 0 Å². The van der Waals surface area contributed by atoms with Crippen LogP contribution in [0.1, 0.15) is 17.0 Å². The second kappa shape index (κ2) is 12.3. The van der Waals surface area contributed by atoms with Gasteiger partial charge in [0.25, 0.3) is 0 Å². The molecule has 6 heteroatoms. The van der Waals surface area contributed by atoms with E-state index in [0.717, 1.165) is 16.9 Å². The van der Waals surface area contributed by atoms with Crippen LogP contribution in [0.25, 0.3) is 0 Å². The SMILES string of the molecule is O=C(NC(=S)Nc1cccc(OCCOc2ccccc2)c1)C(c1ccccc1)c1ccccc1. The lowest BCUT2D eigenvalue weighted by Gasteiger charge is -2.19. The predicted octanol–water partition coefficient (Wildman–Crippen LogP) is 5.79. The van der Waals surface area contributed by atoms with E-state index < -0.39 is 5.92 Å². The van der Waals surface area contributed by atoms with E-state index in [0.29, 0.717) is 24.7 Å². The third kappa shape index (κ3) is 7.16. The summed E-state index contributed by atoms with van der Waals surface area (Å²) < 4.78 is 11.4. The van der Waals surface area contributed by atoms with Gasteiger partial charge in [-0.3, -0.25) is 4.79 Å². The molecule has 176 valence electrons. The summed E-state index contributed by atoms with van der Waals surface area (Å²) in [5.74, 6) is 0.797. The summed E-state index contributed by atoms with van der Waals surface area (Å²) in [7, 11) is 0. The van der Waals surface area contributed by atoms with Crippen molar-refractivity contribution < 1.29 is 14.3 Å². The Morgan fingerprint density at radius 3 is 1.80 bits per heavy atom. The Labute approximate surface area is 210 Å². The number of anilines is 1. The quantitative estimate of drug-likeness (QED) is 0.234. The molecule has 1 amide bonds. The van der Waals surface area contributed by atoms with Crippen molar-refractivity contribution in [1.29, 1.82) is 0 Å². The number of rotatable bonds is 9. The maximum atomic E-state index is 13.2. The number of carbonyl (C=O) groups is 1. The zero-order valence-corrected chi connectivity index (χ0v) is 19.9. The normalized spacial score (nSPS) is 10.4. The molecule has 4 rings (SSSR count). The van der Waals surface area contributed by atoms with Gasteiger partial charge in [-0.15, -0.1) is 0 Å². The van der Waals surface area contributed by atoms with Gasteiger partial charge in [0.05, 0.1) is 5.92 Å². The van der Waals surface area contributed by atoms with Gasteiger partial charge in [0, 0.05) is 11.8 Å². The van der Waals surface area contributed by atoms with Gasteiger partial charge in [-0.1, -0.05) is 84.9 Å². The van der Waals surface area contributed by atoms with Gasteiger partial charge in [0.15, 0.2) is 5.11 Å². The average Bonchev–Trinajstić information content (AvgIpc) is 2.89. The Kier molecular flexibility index (Phi) is 8.46. The summed E-state index contributed by atoms with van der Waals surface area (Å²) in [6.07, 6.45) is 0. The van der Waals surface area contributed by atoms with Gasteiger partial charge >= 0.3 is 0 Å². The van der Waals surface area contributed by atoms with Gasteiger partial charge in [0.2, 0.25) is 5.91 Å². The Hall–Kier alpha value is -4.16. The summed E-state index contributed by atoms with van der Waals surface area (Å²) in [5, 5.41) is 6.13. The molecule has 0 saturated heterocycles. The second-order valence-electron chi connectivity index (χ2n) is 7.74. The monoisotopic (exact) mass is 482 g/mol. The molecule has 0 bridgehead atoms. The molecule has 0 saturated carbocycles. The highest BCUT2D eigenvalue weighted by Gasteiger charge is 2.23. The van der Waals surface area contributed by atoms with Crippen LogP contribution < -0.4 is 20.1 Å². The van der Waals surface area contributed by atoms with E-state index in [4.69, 9.17) is 21.7 Å². The molecular formula is C29H26N2O3S. The summed E-state index contributed by atoms with van der Waals surface area (Å²) in [5.41, 5.74) is 2.51. The molecule has 5 nitrogen and oxygen atoms in total. The number of hydrogen-bond acceptors (Lipinski definition) is 4. The van der Waals surface area contributed by atoms with Crippen molar-refractivity contribution in [2.45, 2.75) is 5.92 Å². The van der Waals surface area contributed by atoms with Crippen molar-refractivity contribution in [2.24, 2.45) is 0 Å². The summed E-state index contributed by atoms with van der Waals surface area (Å²) in [6, 6.07) is 36.3. The molecule has 35 heavy (non-hydrogen) atoms. The van der Waals surface area contributed by atoms with Crippen molar-refractivity contribution in [3.63, 3.8) is 0 Å². The molecule has 0 atom stereocenters. The molecule has 0 fully saturated rings. The first-order valence-electron chi connectivity index (χ1n) is 11.3. The molecule has 0 aliphatic rings. The highest BCUT2D eigenvalue weighted by molar-refractivity contribution is 7.80. The van der Waals surface area contributed by atoms with E-state index in [1.807, 2.05) is 115 Å². The van der Waals surface area contributed by atoms with Crippen molar-refractivity contribution in [2.75, 3.05) is 18.5 Å².